The van der Waals surface area contributed by atoms with Gasteiger partial charge >= 0.3 is 0 Å². The van der Waals surface area contributed by atoms with Crippen LogP contribution in [-0.2, 0) is 10.0 Å². The van der Waals surface area contributed by atoms with Gasteiger partial charge in [0.05, 0.1) is 5.02 Å². The van der Waals surface area contributed by atoms with Crippen LogP contribution in [0.5, 0.6) is 0 Å². The molecule has 2 rings (SSSR count). The minimum absolute atomic E-state index is 0.0279. The SMILES string of the molecule is CC1(CNS(=O)(=O)c2cc(N)ccc2Cl)CCCS1. The maximum absolute atomic E-state index is 12.2. The van der Waals surface area contributed by atoms with Crippen molar-refractivity contribution >= 4 is 39.1 Å². The molecule has 0 amide bonds. The average Bonchev–Trinajstić information content (AvgIpc) is 2.78. The van der Waals surface area contributed by atoms with E-state index in [1.54, 1.807) is 17.8 Å². The summed E-state index contributed by atoms with van der Waals surface area (Å²) in [5, 5.41) is 0.186. The largest absolute Gasteiger partial charge is 0.399 e. The van der Waals surface area contributed by atoms with Crippen molar-refractivity contribution in [3.8, 4) is 0 Å². The number of benzene rings is 1. The normalized spacial score (nSPS) is 23.7. The number of halogens is 1. The highest BCUT2D eigenvalue weighted by molar-refractivity contribution is 8.01. The van der Waals surface area contributed by atoms with Gasteiger partial charge in [-0.1, -0.05) is 11.6 Å². The van der Waals surface area contributed by atoms with Gasteiger partial charge in [0, 0.05) is 17.0 Å². The Labute approximate surface area is 123 Å². The van der Waals surface area contributed by atoms with Crippen molar-refractivity contribution < 1.29 is 8.42 Å². The standard InChI is InChI=1S/C12H17ClN2O2S2/c1-12(5-2-6-18-12)8-15-19(16,17)11-7-9(14)3-4-10(11)13/h3-4,7,15H,2,5-6,8,14H2,1H3. The predicted molar refractivity (Wildman–Crippen MR) is 81.1 cm³/mol. The Hall–Kier alpha value is -0.430. The first-order valence-electron chi connectivity index (χ1n) is 6.01. The third-order valence-corrected chi connectivity index (χ3v) is 6.60. The van der Waals surface area contributed by atoms with Crippen molar-refractivity contribution in [2.45, 2.75) is 29.4 Å². The summed E-state index contributed by atoms with van der Waals surface area (Å²) in [5.74, 6) is 1.08. The Morgan fingerprint density at radius 3 is 2.89 bits per heavy atom. The highest BCUT2D eigenvalue weighted by atomic mass is 35.5. The summed E-state index contributed by atoms with van der Waals surface area (Å²) in [6.07, 6.45) is 2.15. The molecule has 1 atom stereocenters. The highest BCUT2D eigenvalue weighted by Gasteiger charge is 2.31. The number of nitrogens with one attached hydrogen (secondary N) is 1. The van der Waals surface area contributed by atoms with Crippen molar-refractivity contribution in [3.63, 3.8) is 0 Å². The minimum Gasteiger partial charge on any atom is -0.399 e. The molecular weight excluding hydrogens is 304 g/mol. The van der Waals surface area contributed by atoms with Gasteiger partial charge < -0.3 is 5.73 Å². The summed E-state index contributed by atoms with van der Waals surface area (Å²) in [7, 11) is -3.61. The van der Waals surface area contributed by atoms with E-state index in [4.69, 9.17) is 17.3 Å². The molecule has 1 saturated heterocycles. The lowest BCUT2D eigenvalue weighted by Gasteiger charge is -2.23. The van der Waals surface area contributed by atoms with E-state index < -0.39 is 10.0 Å². The van der Waals surface area contributed by atoms with E-state index in [1.165, 1.54) is 12.1 Å². The van der Waals surface area contributed by atoms with Crippen LogP contribution >= 0.6 is 23.4 Å². The van der Waals surface area contributed by atoms with E-state index in [2.05, 4.69) is 11.6 Å². The zero-order valence-corrected chi connectivity index (χ0v) is 13.0. The van der Waals surface area contributed by atoms with Crippen LogP contribution in [0.25, 0.3) is 0 Å². The van der Waals surface area contributed by atoms with E-state index in [0.717, 1.165) is 18.6 Å². The molecule has 7 heteroatoms. The van der Waals surface area contributed by atoms with E-state index in [-0.39, 0.29) is 14.7 Å². The molecule has 0 saturated carbocycles. The number of nitrogens with two attached hydrogens (primary N) is 1. The predicted octanol–water partition coefficient (Wildman–Crippen LogP) is 2.49. The molecule has 3 N–H and O–H groups in total. The molecule has 106 valence electrons. The third kappa shape index (κ3) is 3.56. The van der Waals surface area contributed by atoms with Crippen LogP contribution in [0.2, 0.25) is 5.02 Å². The number of nitrogen functional groups attached to an aromatic ring is 1. The lowest BCUT2D eigenvalue weighted by atomic mass is 10.1. The molecule has 1 heterocycles. The van der Waals surface area contributed by atoms with Crippen LogP contribution < -0.4 is 10.5 Å². The second kappa shape index (κ2) is 5.52. The summed E-state index contributed by atoms with van der Waals surface area (Å²) >= 11 is 7.73. The smallest absolute Gasteiger partial charge is 0.242 e. The molecular formula is C12H17ClN2O2S2. The Morgan fingerprint density at radius 1 is 1.53 bits per heavy atom. The van der Waals surface area contributed by atoms with Gasteiger partial charge in [-0.15, -0.1) is 0 Å². The van der Waals surface area contributed by atoms with Crippen LogP contribution in [0, 0.1) is 0 Å². The Morgan fingerprint density at radius 2 is 2.26 bits per heavy atom. The van der Waals surface area contributed by atoms with Gasteiger partial charge in [0.25, 0.3) is 0 Å². The van der Waals surface area contributed by atoms with Gasteiger partial charge in [-0.05, 0) is 43.7 Å². The molecule has 0 aromatic heterocycles. The average molecular weight is 321 g/mol. The fourth-order valence-electron chi connectivity index (χ4n) is 2.03. The molecule has 4 nitrogen and oxygen atoms in total. The van der Waals surface area contributed by atoms with Gasteiger partial charge in [-0.2, -0.15) is 11.8 Å². The van der Waals surface area contributed by atoms with Gasteiger partial charge in [-0.3, -0.25) is 0 Å². The van der Waals surface area contributed by atoms with Gasteiger partial charge in [0.2, 0.25) is 10.0 Å². The number of rotatable bonds is 4. The molecule has 0 bridgehead atoms. The summed E-state index contributed by atoms with van der Waals surface area (Å²) in [4.78, 5) is 0.0424. The Balaban J connectivity index is 2.16. The quantitative estimate of drug-likeness (QED) is 0.836. The summed E-state index contributed by atoms with van der Waals surface area (Å²) < 4.78 is 27.1. The second-order valence-corrected chi connectivity index (χ2v) is 8.74. The van der Waals surface area contributed by atoms with Crippen molar-refractivity contribution in [1.82, 2.24) is 4.72 Å². The topological polar surface area (TPSA) is 72.2 Å². The lowest BCUT2D eigenvalue weighted by Crippen LogP contribution is -2.36. The number of thioether (sulfide) groups is 1. The summed E-state index contributed by atoms with van der Waals surface area (Å²) in [5.41, 5.74) is 5.99. The lowest BCUT2D eigenvalue weighted by molar-refractivity contribution is 0.552. The van der Waals surface area contributed by atoms with E-state index in [9.17, 15) is 8.42 Å². The van der Waals surface area contributed by atoms with Gasteiger partial charge in [0.1, 0.15) is 4.90 Å². The zero-order chi connectivity index (χ0) is 14.1. The molecule has 1 aliphatic rings. The van der Waals surface area contributed by atoms with Gasteiger partial charge in [-0.25, -0.2) is 13.1 Å². The molecule has 0 aliphatic carbocycles. The van der Waals surface area contributed by atoms with Gasteiger partial charge in [0.15, 0.2) is 0 Å². The third-order valence-electron chi connectivity index (χ3n) is 3.18. The number of hydrogen-bond donors (Lipinski definition) is 2. The van der Waals surface area contributed by atoms with E-state index in [0.29, 0.717) is 12.2 Å². The maximum atomic E-state index is 12.2. The first-order valence-corrected chi connectivity index (χ1v) is 8.86. The summed E-state index contributed by atoms with van der Waals surface area (Å²) in [6.45, 7) is 2.49. The molecule has 1 aromatic rings. The minimum atomic E-state index is -3.61. The summed E-state index contributed by atoms with van der Waals surface area (Å²) in [6, 6.07) is 4.46. The van der Waals surface area contributed by atoms with Crippen molar-refractivity contribution in [1.29, 1.82) is 0 Å². The van der Waals surface area contributed by atoms with Crippen LogP contribution in [0.1, 0.15) is 19.8 Å². The fraction of sp³-hybridized carbons (Fsp3) is 0.500. The van der Waals surface area contributed by atoms with E-state index >= 15 is 0 Å². The van der Waals surface area contributed by atoms with Crippen LogP contribution in [0.15, 0.2) is 23.1 Å². The number of anilines is 1. The van der Waals surface area contributed by atoms with Crippen LogP contribution in [0.3, 0.4) is 0 Å². The Bertz CT molecular complexity index is 569. The fourth-order valence-corrected chi connectivity index (χ4v) is 5.07. The first kappa shape index (κ1) is 15.0. The van der Waals surface area contributed by atoms with Crippen LogP contribution in [-0.4, -0.2) is 25.5 Å². The monoisotopic (exact) mass is 320 g/mol. The van der Waals surface area contributed by atoms with Crippen molar-refractivity contribution in [2.24, 2.45) is 0 Å². The molecule has 1 aliphatic heterocycles. The first-order chi connectivity index (χ1) is 8.82. The molecule has 0 radical (unpaired) electrons. The zero-order valence-electron chi connectivity index (χ0n) is 10.6. The molecule has 19 heavy (non-hydrogen) atoms. The Kier molecular flexibility index (Phi) is 4.35. The van der Waals surface area contributed by atoms with Crippen molar-refractivity contribution in [3.05, 3.63) is 23.2 Å². The highest BCUT2D eigenvalue weighted by Crippen LogP contribution is 2.37. The van der Waals surface area contributed by atoms with Crippen LogP contribution in [0.4, 0.5) is 5.69 Å². The number of hydrogen-bond acceptors (Lipinski definition) is 4. The maximum Gasteiger partial charge on any atom is 0.242 e. The molecule has 1 fully saturated rings. The number of sulfonamides is 1. The van der Waals surface area contributed by atoms with E-state index in [1.807, 2.05) is 0 Å². The second-order valence-electron chi connectivity index (χ2n) is 4.92. The molecule has 1 aromatic carbocycles. The van der Waals surface area contributed by atoms with Crippen molar-refractivity contribution in [2.75, 3.05) is 18.0 Å². The molecule has 1 unspecified atom stereocenters. The molecule has 0 spiro atoms.